The summed E-state index contributed by atoms with van der Waals surface area (Å²) in [5.41, 5.74) is 3.62. The van der Waals surface area contributed by atoms with Gasteiger partial charge in [0.2, 0.25) is 0 Å². The van der Waals surface area contributed by atoms with Gasteiger partial charge in [0, 0.05) is 39.1 Å². The molecule has 0 unspecified atom stereocenters. The Morgan fingerprint density at radius 3 is 1.83 bits per heavy atom. The van der Waals surface area contributed by atoms with Crippen molar-refractivity contribution in [3.8, 4) is 0 Å². The molecule has 0 bridgehead atoms. The third-order valence-corrected chi connectivity index (χ3v) is 5.07. The summed E-state index contributed by atoms with van der Waals surface area (Å²) in [6.45, 7) is 12.8. The number of hydrogen-bond donors (Lipinski definition) is 5. The highest BCUT2D eigenvalue weighted by Crippen LogP contribution is 2.11. The van der Waals surface area contributed by atoms with Crippen LogP contribution in [0.25, 0.3) is 0 Å². The standard InChI is InChI=1S/C16H16O2.C13H29N5/c17-16(18)11-10-13-6-8-15(9-7-13)12-14-4-2-1-3-5-14;1-5-14-12(15-6-2)10-9-11-18-13(16-7-3)17-8-4/h1-9H,10-12H2,(H,17,18);10,14-15H,5-9,11H2,1-4H3,(H2,16,17,18). The molecule has 36 heavy (non-hydrogen) atoms. The molecule has 7 heteroatoms. The van der Waals surface area contributed by atoms with E-state index in [-0.39, 0.29) is 6.42 Å². The van der Waals surface area contributed by atoms with Gasteiger partial charge in [0.15, 0.2) is 5.96 Å². The molecule has 0 spiro atoms. The van der Waals surface area contributed by atoms with Crippen molar-refractivity contribution >= 4 is 11.9 Å². The average Bonchev–Trinajstić information content (AvgIpc) is 2.87. The molecular weight excluding hydrogens is 450 g/mol. The summed E-state index contributed by atoms with van der Waals surface area (Å²) in [4.78, 5) is 15.0. The lowest BCUT2D eigenvalue weighted by Crippen LogP contribution is -2.37. The molecule has 198 valence electrons. The van der Waals surface area contributed by atoms with Crippen LogP contribution in [0.4, 0.5) is 0 Å². The van der Waals surface area contributed by atoms with Crippen LogP contribution in [-0.2, 0) is 17.6 Å². The molecule has 0 fully saturated rings. The molecule has 0 saturated heterocycles. The van der Waals surface area contributed by atoms with Gasteiger partial charge in [-0.2, -0.15) is 0 Å². The van der Waals surface area contributed by atoms with E-state index in [1.807, 2.05) is 30.3 Å². The number of aliphatic imine (C=N–C) groups is 1. The van der Waals surface area contributed by atoms with Gasteiger partial charge >= 0.3 is 5.97 Å². The van der Waals surface area contributed by atoms with Gasteiger partial charge in [-0.25, -0.2) is 0 Å². The summed E-state index contributed by atoms with van der Waals surface area (Å²) in [5.74, 6) is 1.24. The molecule has 0 radical (unpaired) electrons. The lowest BCUT2D eigenvalue weighted by Gasteiger charge is -2.10. The largest absolute Gasteiger partial charge is 0.481 e. The number of aliphatic carboxylic acids is 1. The van der Waals surface area contributed by atoms with Gasteiger partial charge in [-0.15, -0.1) is 0 Å². The number of aryl methyl sites for hydroxylation is 1. The first-order valence-electron chi connectivity index (χ1n) is 13.1. The van der Waals surface area contributed by atoms with E-state index in [2.05, 4.69) is 84.3 Å². The van der Waals surface area contributed by atoms with Gasteiger partial charge in [-0.3, -0.25) is 9.79 Å². The molecule has 5 N–H and O–H groups in total. The Labute approximate surface area is 217 Å². The first kappa shape index (κ1) is 30.6. The number of carboxylic acid groups (broad SMARTS) is 1. The van der Waals surface area contributed by atoms with Gasteiger partial charge < -0.3 is 26.4 Å². The predicted molar refractivity (Wildman–Crippen MR) is 151 cm³/mol. The van der Waals surface area contributed by atoms with E-state index >= 15 is 0 Å². The van der Waals surface area contributed by atoms with E-state index in [0.717, 1.165) is 62.9 Å². The first-order valence-corrected chi connectivity index (χ1v) is 13.1. The van der Waals surface area contributed by atoms with E-state index < -0.39 is 5.97 Å². The molecule has 0 aliphatic carbocycles. The molecule has 0 saturated carbocycles. The van der Waals surface area contributed by atoms with E-state index in [9.17, 15) is 4.79 Å². The Kier molecular flexibility index (Phi) is 16.8. The van der Waals surface area contributed by atoms with E-state index in [1.54, 1.807) is 0 Å². The van der Waals surface area contributed by atoms with Gasteiger partial charge in [-0.05, 0) is 69.7 Å². The molecule has 0 heterocycles. The smallest absolute Gasteiger partial charge is 0.303 e. The maximum Gasteiger partial charge on any atom is 0.303 e. The van der Waals surface area contributed by atoms with Crippen LogP contribution in [-0.4, -0.2) is 49.8 Å². The fourth-order valence-electron chi connectivity index (χ4n) is 3.39. The Morgan fingerprint density at radius 1 is 0.778 bits per heavy atom. The minimum absolute atomic E-state index is 0.192. The van der Waals surface area contributed by atoms with E-state index in [4.69, 9.17) is 5.11 Å². The molecule has 0 atom stereocenters. The minimum Gasteiger partial charge on any atom is -0.481 e. The average molecular weight is 496 g/mol. The summed E-state index contributed by atoms with van der Waals surface area (Å²) in [7, 11) is 0. The second kappa shape index (κ2) is 19.8. The van der Waals surface area contributed by atoms with Gasteiger partial charge in [0.1, 0.15) is 0 Å². The number of rotatable bonds is 14. The Balaban J connectivity index is 0.000000360. The van der Waals surface area contributed by atoms with Crippen LogP contribution in [0.3, 0.4) is 0 Å². The lowest BCUT2D eigenvalue weighted by molar-refractivity contribution is -0.136. The van der Waals surface area contributed by atoms with Crippen molar-refractivity contribution < 1.29 is 9.90 Å². The van der Waals surface area contributed by atoms with Crippen molar-refractivity contribution in [3.63, 3.8) is 0 Å². The molecule has 2 aromatic rings. The van der Waals surface area contributed by atoms with Gasteiger partial charge in [0.05, 0.1) is 5.82 Å². The second-order valence-corrected chi connectivity index (χ2v) is 8.13. The number of guanidine groups is 1. The van der Waals surface area contributed by atoms with Crippen LogP contribution in [0.5, 0.6) is 0 Å². The van der Waals surface area contributed by atoms with Gasteiger partial charge in [0.25, 0.3) is 0 Å². The lowest BCUT2D eigenvalue weighted by atomic mass is 10.0. The Hall–Kier alpha value is -3.48. The summed E-state index contributed by atoms with van der Waals surface area (Å²) in [5, 5.41) is 21.6. The zero-order valence-corrected chi connectivity index (χ0v) is 22.4. The molecular formula is C29H45N5O2. The summed E-state index contributed by atoms with van der Waals surface area (Å²) in [6.07, 6.45) is 4.79. The SMILES string of the molecule is CCNC(=CCCN=C(NCC)NCC)NCC.O=C(O)CCc1ccc(Cc2ccccc2)cc1. The first-order chi connectivity index (χ1) is 17.5. The normalized spacial score (nSPS) is 9.78. The van der Waals surface area contributed by atoms with Crippen molar-refractivity contribution in [1.29, 1.82) is 0 Å². The fraction of sp³-hybridized carbons (Fsp3) is 0.448. The predicted octanol–water partition coefficient (Wildman–Crippen LogP) is 4.31. The third-order valence-electron chi connectivity index (χ3n) is 5.07. The van der Waals surface area contributed by atoms with Crippen molar-refractivity contribution in [3.05, 3.63) is 83.2 Å². The van der Waals surface area contributed by atoms with Crippen molar-refractivity contribution in [2.75, 3.05) is 32.7 Å². The van der Waals surface area contributed by atoms with Crippen LogP contribution in [0, 0.1) is 0 Å². The molecule has 0 amide bonds. The quantitative estimate of drug-likeness (QED) is 0.152. The van der Waals surface area contributed by atoms with E-state index in [1.165, 1.54) is 11.1 Å². The van der Waals surface area contributed by atoms with Crippen LogP contribution < -0.4 is 21.3 Å². The zero-order valence-electron chi connectivity index (χ0n) is 22.4. The maximum atomic E-state index is 10.5. The van der Waals surface area contributed by atoms with Crippen LogP contribution in [0.1, 0.15) is 57.2 Å². The van der Waals surface area contributed by atoms with Crippen molar-refractivity contribution in [2.45, 2.75) is 53.4 Å². The van der Waals surface area contributed by atoms with Crippen LogP contribution >= 0.6 is 0 Å². The van der Waals surface area contributed by atoms with E-state index in [0.29, 0.717) is 6.42 Å². The third kappa shape index (κ3) is 14.7. The molecule has 0 aromatic heterocycles. The topological polar surface area (TPSA) is 97.8 Å². The van der Waals surface area contributed by atoms with Crippen molar-refractivity contribution in [2.24, 2.45) is 4.99 Å². The number of carbonyl (C=O) groups is 1. The molecule has 0 aliphatic heterocycles. The second-order valence-electron chi connectivity index (χ2n) is 8.13. The molecule has 0 aliphatic rings. The number of carboxylic acids is 1. The Bertz CT molecular complexity index is 854. The number of benzene rings is 2. The van der Waals surface area contributed by atoms with Crippen LogP contribution in [0.2, 0.25) is 0 Å². The molecule has 2 aromatic carbocycles. The number of nitrogens with one attached hydrogen (secondary N) is 4. The van der Waals surface area contributed by atoms with Crippen molar-refractivity contribution in [1.82, 2.24) is 21.3 Å². The summed E-state index contributed by atoms with van der Waals surface area (Å²) < 4.78 is 0. The highest BCUT2D eigenvalue weighted by molar-refractivity contribution is 5.79. The zero-order chi connectivity index (χ0) is 26.4. The maximum absolute atomic E-state index is 10.5. The summed E-state index contributed by atoms with van der Waals surface area (Å²) >= 11 is 0. The fourth-order valence-corrected chi connectivity index (χ4v) is 3.39. The highest BCUT2D eigenvalue weighted by Gasteiger charge is 2.00. The molecule has 2 rings (SSSR count). The van der Waals surface area contributed by atoms with Gasteiger partial charge in [-0.1, -0.05) is 54.6 Å². The minimum atomic E-state index is -0.747. The Morgan fingerprint density at radius 2 is 1.31 bits per heavy atom. The van der Waals surface area contributed by atoms with Crippen LogP contribution in [0.15, 0.2) is 71.5 Å². The number of hydrogen-bond acceptors (Lipinski definition) is 4. The number of nitrogens with zero attached hydrogens (tertiary/aromatic N) is 1. The molecule has 7 nitrogen and oxygen atoms in total. The monoisotopic (exact) mass is 495 g/mol. The summed E-state index contributed by atoms with van der Waals surface area (Å²) in [6, 6.07) is 18.5. The highest BCUT2D eigenvalue weighted by atomic mass is 16.4.